The number of hydrogen-bond donors (Lipinski definition) is 0. The minimum Gasteiger partial charge on any atom is -0.273 e. The van der Waals surface area contributed by atoms with E-state index < -0.39 is 0 Å². The number of rotatable bonds is 1. The van der Waals surface area contributed by atoms with Crippen molar-refractivity contribution in [3.8, 4) is 0 Å². The van der Waals surface area contributed by atoms with Gasteiger partial charge in [0, 0.05) is 12.8 Å². The summed E-state index contributed by atoms with van der Waals surface area (Å²) in [6.07, 6.45) is 0.821. The first-order valence-corrected chi connectivity index (χ1v) is 7.15. The van der Waals surface area contributed by atoms with Crippen molar-refractivity contribution in [2.24, 2.45) is 0 Å². The molecule has 1 aliphatic heterocycles. The summed E-state index contributed by atoms with van der Waals surface area (Å²) in [5.41, 5.74) is 1.13. The first-order chi connectivity index (χ1) is 10.8. The van der Waals surface area contributed by atoms with Crippen molar-refractivity contribution in [2.45, 2.75) is 12.8 Å². The van der Waals surface area contributed by atoms with Crippen LogP contribution in [-0.2, 0) is 11.2 Å². The lowest BCUT2D eigenvalue weighted by atomic mass is 10.2. The number of benzene rings is 2. The van der Waals surface area contributed by atoms with Gasteiger partial charge in [0.25, 0.3) is 5.56 Å². The summed E-state index contributed by atoms with van der Waals surface area (Å²) in [5.74, 6) is 0.519. The normalized spacial score (nSPS) is 14.2. The monoisotopic (exact) mass is 291 g/mol. The van der Waals surface area contributed by atoms with E-state index in [2.05, 4.69) is 4.98 Å². The summed E-state index contributed by atoms with van der Waals surface area (Å²) in [4.78, 5) is 29.8. The number of anilines is 1. The zero-order valence-electron chi connectivity index (χ0n) is 11.8. The van der Waals surface area contributed by atoms with Crippen LogP contribution in [0.2, 0.25) is 0 Å². The van der Waals surface area contributed by atoms with E-state index in [1.54, 1.807) is 12.1 Å². The number of nitrogens with zero attached hydrogens (tertiary/aromatic N) is 3. The molecule has 0 atom stereocenters. The molecule has 0 bridgehead atoms. The molecule has 2 heterocycles. The van der Waals surface area contributed by atoms with Gasteiger partial charge >= 0.3 is 0 Å². The Morgan fingerprint density at radius 2 is 1.59 bits per heavy atom. The number of carbonyl (C=O) groups is 1. The number of aryl methyl sites for hydroxylation is 1. The van der Waals surface area contributed by atoms with E-state index in [0.717, 1.165) is 0 Å². The second-order valence-corrected chi connectivity index (χ2v) is 5.20. The molecule has 22 heavy (non-hydrogen) atoms. The van der Waals surface area contributed by atoms with E-state index in [1.165, 1.54) is 9.69 Å². The minimum atomic E-state index is -0.211. The number of carbonyl (C=O) groups excluding carboxylic acids is 1. The Balaban J connectivity index is 2.04. The molecular formula is C17H13N3O2. The Bertz CT molecular complexity index is 932. The van der Waals surface area contributed by atoms with Crippen LogP contribution in [0.1, 0.15) is 12.2 Å². The van der Waals surface area contributed by atoms with Crippen molar-refractivity contribution in [1.82, 2.24) is 9.66 Å². The smallest absolute Gasteiger partial charge is 0.273 e. The van der Waals surface area contributed by atoms with E-state index in [1.807, 2.05) is 42.5 Å². The molecule has 1 amide bonds. The highest BCUT2D eigenvalue weighted by atomic mass is 16.2. The molecule has 1 aromatic heterocycles. The van der Waals surface area contributed by atoms with Gasteiger partial charge in [-0.25, -0.2) is 9.99 Å². The van der Waals surface area contributed by atoms with Gasteiger partial charge in [-0.15, -0.1) is 0 Å². The third kappa shape index (κ3) is 1.83. The molecule has 4 rings (SSSR count). The lowest BCUT2D eigenvalue weighted by Crippen LogP contribution is -2.48. The third-order valence-corrected chi connectivity index (χ3v) is 3.82. The zero-order valence-corrected chi connectivity index (χ0v) is 11.8. The van der Waals surface area contributed by atoms with Crippen LogP contribution >= 0.6 is 0 Å². The summed E-state index contributed by atoms with van der Waals surface area (Å²) in [5, 5.41) is 1.95. The highest BCUT2D eigenvalue weighted by Crippen LogP contribution is 2.21. The second kappa shape index (κ2) is 4.80. The molecule has 5 heteroatoms. The van der Waals surface area contributed by atoms with Crippen LogP contribution in [0, 0.1) is 0 Å². The summed E-state index contributed by atoms with van der Waals surface area (Å²) in [7, 11) is 0. The van der Waals surface area contributed by atoms with Gasteiger partial charge in [-0.1, -0.05) is 30.3 Å². The van der Waals surface area contributed by atoms with Crippen molar-refractivity contribution in [3.05, 3.63) is 70.8 Å². The average molecular weight is 291 g/mol. The largest absolute Gasteiger partial charge is 0.280 e. The molecule has 0 unspecified atom stereocenters. The maximum atomic E-state index is 12.8. The maximum absolute atomic E-state index is 12.8. The topological polar surface area (TPSA) is 55.2 Å². The highest BCUT2D eigenvalue weighted by molar-refractivity contribution is 5.94. The van der Waals surface area contributed by atoms with Gasteiger partial charge in [0.05, 0.1) is 16.6 Å². The summed E-state index contributed by atoms with van der Waals surface area (Å²) in [6, 6.07) is 16.4. The van der Waals surface area contributed by atoms with Crippen molar-refractivity contribution in [2.75, 3.05) is 5.01 Å². The molecule has 0 fully saturated rings. The Kier molecular flexibility index (Phi) is 2.79. The van der Waals surface area contributed by atoms with Crippen LogP contribution in [0.25, 0.3) is 10.9 Å². The molecule has 0 saturated heterocycles. The number of fused-ring (bicyclic) bond motifs is 2. The predicted molar refractivity (Wildman–Crippen MR) is 83.7 cm³/mol. The maximum Gasteiger partial charge on any atom is 0.280 e. The van der Waals surface area contributed by atoms with Crippen LogP contribution in [0.4, 0.5) is 5.69 Å². The molecule has 0 aliphatic carbocycles. The first kappa shape index (κ1) is 12.8. The molecule has 0 radical (unpaired) electrons. The highest BCUT2D eigenvalue weighted by Gasteiger charge is 2.28. The minimum absolute atomic E-state index is 0.0992. The van der Waals surface area contributed by atoms with Gasteiger partial charge in [0.2, 0.25) is 5.91 Å². The Hall–Kier alpha value is -2.95. The lowest BCUT2D eigenvalue weighted by molar-refractivity contribution is -0.120. The van der Waals surface area contributed by atoms with Crippen molar-refractivity contribution < 1.29 is 4.79 Å². The van der Waals surface area contributed by atoms with Crippen molar-refractivity contribution in [1.29, 1.82) is 0 Å². The molecule has 2 aromatic carbocycles. The number of para-hydroxylation sites is 2. The molecule has 0 spiro atoms. The molecule has 5 nitrogen and oxygen atoms in total. The van der Waals surface area contributed by atoms with Crippen LogP contribution in [0.15, 0.2) is 59.4 Å². The van der Waals surface area contributed by atoms with E-state index in [4.69, 9.17) is 0 Å². The van der Waals surface area contributed by atoms with Gasteiger partial charge < -0.3 is 0 Å². The van der Waals surface area contributed by atoms with Gasteiger partial charge in [-0.3, -0.25) is 9.59 Å². The van der Waals surface area contributed by atoms with E-state index in [0.29, 0.717) is 35.3 Å². The molecule has 0 N–H and O–H groups in total. The molecule has 0 saturated carbocycles. The average Bonchev–Trinajstić information content (AvgIpc) is 2.56. The fraction of sp³-hybridized carbons (Fsp3) is 0.118. The van der Waals surface area contributed by atoms with E-state index >= 15 is 0 Å². The number of hydrogen-bond acceptors (Lipinski definition) is 3. The van der Waals surface area contributed by atoms with Crippen molar-refractivity contribution in [3.63, 3.8) is 0 Å². The molecule has 108 valence electrons. The van der Waals surface area contributed by atoms with Crippen LogP contribution in [0.3, 0.4) is 0 Å². The SMILES string of the molecule is O=C1CCc2nc3ccccc3c(=O)n2N1c1ccccc1. The molecule has 3 aromatic rings. The molecular weight excluding hydrogens is 278 g/mol. The van der Waals surface area contributed by atoms with Crippen molar-refractivity contribution >= 4 is 22.5 Å². The molecule has 1 aliphatic rings. The Labute approximate surface area is 126 Å². The van der Waals surface area contributed by atoms with Crippen LogP contribution in [0.5, 0.6) is 0 Å². The van der Waals surface area contributed by atoms with E-state index in [9.17, 15) is 9.59 Å². The first-order valence-electron chi connectivity index (χ1n) is 7.15. The third-order valence-electron chi connectivity index (χ3n) is 3.82. The standard InChI is InChI=1S/C17H13N3O2/c21-16-11-10-15-18-14-9-5-4-8-13(14)17(22)20(15)19(16)12-6-2-1-3-7-12/h1-9H,10-11H2. The lowest BCUT2D eigenvalue weighted by Gasteiger charge is -2.30. The van der Waals surface area contributed by atoms with Gasteiger partial charge in [-0.2, -0.15) is 4.68 Å². The number of amides is 1. The Morgan fingerprint density at radius 3 is 2.41 bits per heavy atom. The van der Waals surface area contributed by atoms with Crippen LogP contribution in [-0.4, -0.2) is 15.6 Å². The zero-order chi connectivity index (χ0) is 15.1. The second-order valence-electron chi connectivity index (χ2n) is 5.20. The number of aromatic nitrogens is 2. The van der Waals surface area contributed by atoms with Gasteiger partial charge in [-0.05, 0) is 24.3 Å². The fourth-order valence-electron chi connectivity index (χ4n) is 2.80. The summed E-state index contributed by atoms with van der Waals surface area (Å²) in [6.45, 7) is 0. The van der Waals surface area contributed by atoms with Crippen LogP contribution < -0.4 is 10.6 Å². The van der Waals surface area contributed by atoms with E-state index in [-0.39, 0.29) is 11.5 Å². The summed E-state index contributed by atoms with van der Waals surface area (Å²) >= 11 is 0. The summed E-state index contributed by atoms with van der Waals surface area (Å²) < 4.78 is 1.41. The van der Waals surface area contributed by atoms with Gasteiger partial charge in [0.1, 0.15) is 5.82 Å². The van der Waals surface area contributed by atoms with Gasteiger partial charge in [0.15, 0.2) is 0 Å². The fourth-order valence-corrected chi connectivity index (χ4v) is 2.80. The predicted octanol–water partition coefficient (Wildman–Crippen LogP) is 2.14. The Morgan fingerprint density at radius 1 is 0.864 bits per heavy atom. The quantitative estimate of drug-likeness (QED) is 0.690.